The number of ether oxygens (including phenoxy) is 2. The molecule has 1 aromatic rings. The van der Waals surface area contributed by atoms with Crippen LogP contribution in [0, 0.1) is 30.6 Å². The third kappa shape index (κ3) is 5.94. The fraction of sp³-hybridized carbons (Fsp3) is 0.812. The van der Waals surface area contributed by atoms with Crippen molar-refractivity contribution in [2.75, 3.05) is 59.5 Å². The molecule has 4 saturated heterocycles. The number of amides is 3. The van der Waals surface area contributed by atoms with Crippen molar-refractivity contribution in [3.05, 3.63) is 17.0 Å². The van der Waals surface area contributed by atoms with E-state index in [0.29, 0.717) is 69.9 Å². The second-order valence-corrected chi connectivity index (χ2v) is 14.3. The molecule has 3 amide bonds. The number of unbranched alkanes of at least 4 members (excludes halogenated alkanes) is 1. The van der Waals surface area contributed by atoms with E-state index in [0.717, 1.165) is 45.2 Å². The average molecular weight is 654 g/mol. The highest BCUT2D eigenvalue weighted by molar-refractivity contribution is 5.96. The van der Waals surface area contributed by atoms with Gasteiger partial charge >= 0.3 is 18.4 Å². The number of rotatable bonds is 7. The predicted molar refractivity (Wildman–Crippen MR) is 159 cm³/mol. The molecule has 0 aromatic carbocycles. The highest BCUT2D eigenvalue weighted by atomic mass is 19.4. The fourth-order valence-corrected chi connectivity index (χ4v) is 8.65. The Morgan fingerprint density at radius 1 is 1.02 bits per heavy atom. The third-order valence-corrected chi connectivity index (χ3v) is 11.7. The standard InChI is InChI=1S/C32H46F3N5O6/c1-5-6-7-21-16-38(17-22-23-18-39(19-24(22)23)28(42)44-4)29(43)45-31(21)10-14-40(15-11-31)30(3)8-12-37(13-9-30)27(41)25-20(2)36-46-26(25)32(33,34)35/h21-24H,5-19H2,1-4H3/t21-,22-,23+,24-/m0/s1. The van der Waals surface area contributed by atoms with Crippen LogP contribution >= 0.6 is 0 Å². The first kappa shape index (κ1) is 32.9. The molecule has 11 nitrogen and oxygen atoms in total. The number of hydrogen-bond acceptors (Lipinski definition) is 8. The Labute approximate surface area is 267 Å². The van der Waals surface area contributed by atoms with Gasteiger partial charge in [-0.1, -0.05) is 24.9 Å². The largest absolute Gasteiger partial charge is 0.453 e. The topological polar surface area (TPSA) is 109 Å². The Morgan fingerprint density at radius 3 is 2.26 bits per heavy atom. The number of alkyl halides is 3. The van der Waals surface area contributed by atoms with Crippen LogP contribution in [-0.2, 0) is 15.7 Å². The minimum absolute atomic E-state index is 0.0598. The third-order valence-electron chi connectivity index (χ3n) is 11.7. The number of aromatic nitrogens is 1. The summed E-state index contributed by atoms with van der Waals surface area (Å²) >= 11 is 0. The van der Waals surface area contributed by atoms with E-state index >= 15 is 0 Å². The number of piperidine rings is 3. The molecule has 0 bridgehead atoms. The zero-order valence-electron chi connectivity index (χ0n) is 27.2. The Morgan fingerprint density at radius 2 is 1.67 bits per heavy atom. The van der Waals surface area contributed by atoms with Gasteiger partial charge in [-0.3, -0.25) is 9.69 Å². The maximum Gasteiger partial charge on any atom is 0.453 e. The molecule has 1 aliphatic carbocycles. The molecule has 0 N–H and O–H groups in total. The van der Waals surface area contributed by atoms with Crippen LogP contribution < -0.4 is 0 Å². The lowest BCUT2D eigenvalue weighted by Crippen LogP contribution is -2.63. The van der Waals surface area contributed by atoms with Crippen LogP contribution in [0.2, 0.25) is 0 Å². The number of methoxy groups -OCH3 is 1. The number of hydrogen-bond donors (Lipinski definition) is 0. The maximum atomic E-state index is 13.4. The van der Waals surface area contributed by atoms with Gasteiger partial charge < -0.3 is 28.7 Å². The fourth-order valence-electron chi connectivity index (χ4n) is 8.65. The summed E-state index contributed by atoms with van der Waals surface area (Å²) in [6, 6.07) is 0. The summed E-state index contributed by atoms with van der Waals surface area (Å²) < 4.78 is 56.1. The maximum absolute atomic E-state index is 13.4. The van der Waals surface area contributed by atoms with Gasteiger partial charge in [-0.05, 0) is 50.9 Å². The van der Waals surface area contributed by atoms with Crippen LogP contribution in [0.5, 0.6) is 0 Å². The Hall–Kier alpha value is -3.03. The summed E-state index contributed by atoms with van der Waals surface area (Å²) in [5, 5.41) is 3.41. The van der Waals surface area contributed by atoms with Crippen LogP contribution in [0.3, 0.4) is 0 Å². The number of halogens is 3. The lowest BCUT2D eigenvalue weighted by molar-refractivity contribution is -0.156. The molecule has 4 aliphatic heterocycles. The molecule has 46 heavy (non-hydrogen) atoms. The molecule has 5 heterocycles. The first-order valence-electron chi connectivity index (χ1n) is 16.7. The number of carbonyl (C=O) groups is 3. The number of aryl methyl sites for hydroxylation is 1. The van der Waals surface area contributed by atoms with E-state index in [4.69, 9.17) is 9.47 Å². The predicted octanol–water partition coefficient (Wildman–Crippen LogP) is 5.03. The zero-order valence-corrected chi connectivity index (χ0v) is 27.2. The van der Waals surface area contributed by atoms with E-state index in [1.54, 1.807) is 4.90 Å². The van der Waals surface area contributed by atoms with Crippen molar-refractivity contribution in [3.63, 3.8) is 0 Å². The normalized spacial score (nSPS) is 29.1. The van der Waals surface area contributed by atoms with Gasteiger partial charge in [-0.25, -0.2) is 9.59 Å². The quantitative estimate of drug-likeness (QED) is 0.403. The number of nitrogens with zero attached hydrogens (tertiary/aromatic N) is 5. The summed E-state index contributed by atoms with van der Waals surface area (Å²) in [4.78, 5) is 46.0. The minimum atomic E-state index is -4.79. The molecular formula is C32H46F3N5O6. The molecule has 14 heteroatoms. The molecule has 5 fully saturated rings. The van der Waals surface area contributed by atoms with Gasteiger partial charge in [0.2, 0.25) is 0 Å². The van der Waals surface area contributed by atoms with E-state index in [2.05, 4.69) is 28.4 Å². The van der Waals surface area contributed by atoms with E-state index in [-0.39, 0.29) is 29.3 Å². The lowest BCUT2D eigenvalue weighted by atomic mass is 9.74. The van der Waals surface area contributed by atoms with Crippen LogP contribution in [0.4, 0.5) is 22.8 Å². The van der Waals surface area contributed by atoms with Crippen molar-refractivity contribution >= 4 is 18.1 Å². The molecule has 1 spiro atoms. The van der Waals surface area contributed by atoms with Gasteiger partial charge in [-0.2, -0.15) is 13.2 Å². The Balaban J connectivity index is 1.05. The summed E-state index contributed by atoms with van der Waals surface area (Å²) in [5.74, 6) is -0.585. The molecule has 1 saturated carbocycles. The van der Waals surface area contributed by atoms with Crippen molar-refractivity contribution in [3.8, 4) is 0 Å². The molecule has 6 rings (SSSR count). The second kappa shape index (κ2) is 12.2. The molecule has 5 aliphatic rings. The molecule has 0 unspecified atom stereocenters. The lowest BCUT2D eigenvalue weighted by Gasteiger charge is -2.55. The Kier molecular flexibility index (Phi) is 8.73. The van der Waals surface area contributed by atoms with Crippen molar-refractivity contribution < 1.29 is 41.6 Å². The smallest absolute Gasteiger partial charge is 0.453 e. The molecular weight excluding hydrogens is 607 g/mol. The zero-order chi connectivity index (χ0) is 33.0. The van der Waals surface area contributed by atoms with E-state index in [1.807, 2.05) is 4.90 Å². The van der Waals surface area contributed by atoms with Gasteiger partial charge in [-0.15, -0.1) is 0 Å². The van der Waals surface area contributed by atoms with Crippen molar-refractivity contribution in [1.82, 2.24) is 24.8 Å². The highest BCUT2D eigenvalue weighted by Gasteiger charge is 2.59. The molecule has 4 atom stereocenters. The van der Waals surface area contributed by atoms with Crippen LogP contribution in [0.1, 0.15) is 80.6 Å². The SMILES string of the molecule is CCCC[C@H]1CN(C[C@@H]2[C@@H]3CN(C(=O)OC)C[C@@H]32)C(=O)OC12CCN(C1(C)CCN(C(=O)c3c(C)noc3C(F)(F)F)CC1)CC2. The van der Waals surface area contributed by atoms with Gasteiger partial charge in [0.1, 0.15) is 11.2 Å². The van der Waals surface area contributed by atoms with Crippen LogP contribution in [0.15, 0.2) is 4.52 Å². The van der Waals surface area contributed by atoms with Crippen LogP contribution in [-0.4, -0.2) is 113 Å². The van der Waals surface area contributed by atoms with E-state index in [1.165, 1.54) is 18.9 Å². The number of carbonyl (C=O) groups excluding carboxylic acids is 3. The van der Waals surface area contributed by atoms with Crippen molar-refractivity contribution in [2.24, 2.45) is 23.7 Å². The first-order valence-corrected chi connectivity index (χ1v) is 16.7. The second-order valence-electron chi connectivity index (χ2n) is 14.3. The van der Waals surface area contributed by atoms with Crippen molar-refractivity contribution in [1.29, 1.82) is 0 Å². The minimum Gasteiger partial charge on any atom is -0.453 e. The van der Waals surface area contributed by atoms with E-state index in [9.17, 15) is 27.6 Å². The monoisotopic (exact) mass is 653 g/mol. The average Bonchev–Trinajstić information content (AvgIpc) is 3.32. The van der Waals surface area contributed by atoms with Gasteiger partial charge in [0, 0.05) is 76.7 Å². The number of fused-ring (bicyclic) bond motifs is 1. The van der Waals surface area contributed by atoms with Crippen LogP contribution in [0.25, 0.3) is 0 Å². The summed E-state index contributed by atoms with van der Waals surface area (Å²) in [5.41, 5.74) is -1.29. The molecule has 1 aromatic heterocycles. The van der Waals surface area contributed by atoms with E-state index < -0.39 is 29.0 Å². The summed E-state index contributed by atoms with van der Waals surface area (Å²) in [7, 11) is 1.40. The Bertz CT molecular complexity index is 1310. The number of likely N-dealkylation sites (tertiary alicyclic amines) is 3. The molecule has 256 valence electrons. The summed E-state index contributed by atoms with van der Waals surface area (Å²) in [6.45, 7) is 10.6. The van der Waals surface area contributed by atoms with Gasteiger partial charge in [0.05, 0.1) is 12.8 Å². The highest BCUT2D eigenvalue weighted by Crippen LogP contribution is 2.53. The van der Waals surface area contributed by atoms with Gasteiger partial charge in [0.15, 0.2) is 0 Å². The first-order chi connectivity index (χ1) is 21.8. The summed E-state index contributed by atoms with van der Waals surface area (Å²) in [6.07, 6.45) is 0.518. The molecule has 0 radical (unpaired) electrons. The van der Waals surface area contributed by atoms with Gasteiger partial charge in [0.25, 0.3) is 11.7 Å². The van der Waals surface area contributed by atoms with Crippen molar-refractivity contribution in [2.45, 2.75) is 83.0 Å².